The van der Waals surface area contributed by atoms with Gasteiger partial charge < -0.3 is 5.11 Å². The van der Waals surface area contributed by atoms with Gasteiger partial charge in [0.2, 0.25) is 0 Å². The number of carbonyl (C=O) groups excluding carboxylic acids is 1. The predicted molar refractivity (Wildman–Crippen MR) is 58.9 cm³/mol. The minimum Gasteiger partial charge on any atom is -0.508 e. The molecule has 2 aromatic rings. The Morgan fingerprint density at radius 2 is 1.67 bits per heavy atom. The fourth-order valence-corrected chi connectivity index (χ4v) is 1.50. The van der Waals surface area contributed by atoms with E-state index >= 15 is 0 Å². The van der Waals surface area contributed by atoms with Gasteiger partial charge in [-0.15, -0.1) is 0 Å². The van der Waals surface area contributed by atoms with Crippen molar-refractivity contribution in [2.75, 3.05) is 0 Å². The number of carbonyl (C=O) groups is 1. The van der Waals surface area contributed by atoms with Crippen LogP contribution in [0.25, 0.3) is 11.1 Å². The largest absolute Gasteiger partial charge is 0.508 e. The van der Waals surface area contributed by atoms with Crippen molar-refractivity contribution in [2.45, 2.75) is 0 Å². The van der Waals surface area contributed by atoms with E-state index in [1.54, 1.807) is 12.1 Å². The molecule has 0 saturated heterocycles. The molecule has 15 heavy (non-hydrogen) atoms. The minimum atomic E-state index is 0.110. The maximum atomic E-state index is 10.6. The van der Waals surface area contributed by atoms with E-state index < -0.39 is 0 Å². The zero-order valence-electron chi connectivity index (χ0n) is 8.05. The van der Waals surface area contributed by atoms with Crippen LogP contribution in [0.15, 0.2) is 48.5 Å². The molecule has 0 heterocycles. The van der Waals surface area contributed by atoms with Crippen molar-refractivity contribution in [1.29, 1.82) is 0 Å². The van der Waals surface area contributed by atoms with Gasteiger partial charge in [0.1, 0.15) is 12.0 Å². The average molecular weight is 198 g/mol. The van der Waals surface area contributed by atoms with Gasteiger partial charge in [0.15, 0.2) is 0 Å². The third-order valence-corrected chi connectivity index (χ3v) is 2.18. The van der Waals surface area contributed by atoms with Crippen molar-refractivity contribution in [1.82, 2.24) is 0 Å². The first-order valence-corrected chi connectivity index (χ1v) is 4.64. The van der Waals surface area contributed by atoms with Gasteiger partial charge in [-0.2, -0.15) is 0 Å². The summed E-state index contributed by atoms with van der Waals surface area (Å²) in [6.45, 7) is 0. The predicted octanol–water partition coefficient (Wildman–Crippen LogP) is 2.87. The fourth-order valence-electron chi connectivity index (χ4n) is 1.50. The van der Waals surface area contributed by atoms with E-state index in [1.807, 2.05) is 30.3 Å². The Morgan fingerprint density at radius 3 is 2.33 bits per heavy atom. The molecule has 0 aliphatic heterocycles. The van der Waals surface area contributed by atoms with Crippen LogP contribution in [0, 0.1) is 0 Å². The third-order valence-electron chi connectivity index (χ3n) is 2.18. The second-order valence-electron chi connectivity index (χ2n) is 3.30. The number of aromatic hydroxyl groups is 1. The Kier molecular flexibility index (Phi) is 2.50. The van der Waals surface area contributed by atoms with Crippen LogP contribution in [-0.4, -0.2) is 11.4 Å². The summed E-state index contributed by atoms with van der Waals surface area (Å²) < 4.78 is 0. The number of aldehydes is 1. The number of phenols is 1. The molecule has 0 saturated carbocycles. The average Bonchev–Trinajstić information content (AvgIpc) is 2.29. The lowest BCUT2D eigenvalue weighted by atomic mass is 10.0. The smallest absolute Gasteiger partial charge is 0.150 e. The Balaban J connectivity index is 2.53. The van der Waals surface area contributed by atoms with E-state index in [0.717, 1.165) is 17.4 Å². The van der Waals surface area contributed by atoms with Gasteiger partial charge in [0, 0.05) is 5.56 Å². The van der Waals surface area contributed by atoms with Gasteiger partial charge in [-0.05, 0) is 29.3 Å². The van der Waals surface area contributed by atoms with Gasteiger partial charge in [0.05, 0.1) is 0 Å². The topological polar surface area (TPSA) is 37.3 Å². The van der Waals surface area contributed by atoms with Crippen molar-refractivity contribution in [3.05, 3.63) is 54.1 Å². The van der Waals surface area contributed by atoms with E-state index in [0.29, 0.717) is 5.56 Å². The molecule has 0 aliphatic carbocycles. The van der Waals surface area contributed by atoms with E-state index in [2.05, 4.69) is 0 Å². The molecular formula is C13H10O2. The second kappa shape index (κ2) is 3.96. The van der Waals surface area contributed by atoms with Crippen LogP contribution in [0.3, 0.4) is 0 Å². The highest BCUT2D eigenvalue weighted by Crippen LogP contribution is 2.24. The second-order valence-corrected chi connectivity index (χ2v) is 3.30. The lowest BCUT2D eigenvalue weighted by Crippen LogP contribution is -1.83. The first-order chi connectivity index (χ1) is 7.29. The highest BCUT2D eigenvalue weighted by Gasteiger charge is 2.01. The lowest BCUT2D eigenvalue weighted by Gasteiger charge is -2.03. The molecule has 0 amide bonds. The SMILES string of the molecule is O=Cc1cc(O)cc(-c2ccccc2)c1. The zero-order valence-corrected chi connectivity index (χ0v) is 8.05. The summed E-state index contributed by atoms with van der Waals surface area (Å²) >= 11 is 0. The normalized spacial score (nSPS) is 9.87. The Hall–Kier alpha value is -2.09. The van der Waals surface area contributed by atoms with Crippen LogP contribution in [0.4, 0.5) is 0 Å². The summed E-state index contributed by atoms with van der Waals surface area (Å²) in [4.78, 5) is 10.6. The molecular weight excluding hydrogens is 188 g/mol. The van der Waals surface area contributed by atoms with Crippen LogP contribution in [0.5, 0.6) is 5.75 Å². The van der Waals surface area contributed by atoms with Crippen molar-refractivity contribution in [3.8, 4) is 16.9 Å². The number of hydrogen-bond donors (Lipinski definition) is 1. The molecule has 2 rings (SSSR count). The molecule has 74 valence electrons. The van der Waals surface area contributed by atoms with Gasteiger partial charge in [-0.25, -0.2) is 0 Å². The van der Waals surface area contributed by atoms with E-state index in [4.69, 9.17) is 0 Å². The highest BCUT2D eigenvalue weighted by atomic mass is 16.3. The van der Waals surface area contributed by atoms with Crippen LogP contribution in [-0.2, 0) is 0 Å². The quantitative estimate of drug-likeness (QED) is 0.753. The molecule has 0 aromatic heterocycles. The van der Waals surface area contributed by atoms with Crippen LogP contribution in [0.1, 0.15) is 10.4 Å². The van der Waals surface area contributed by atoms with E-state index in [1.165, 1.54) is 6.07 Å². The molecule has 2 aromatic carbocycles. The van der Waals surface area contributed by atoms with Gasteiger partial charge in [0.25, 0.3) is 0 Å². The third kappa shape index (κ3) is 2.05. The molecule has 0 fully saturated rings. The first-order valence-electron chi connectivity index (χ1n) is 4.64. The van der Waals surface area contributed by atoms with Crippen molar-refractivity contribution >= 4 is 6.29 Å². The lowest BCUT2D eigenvalue weighted by molar-refractivity contribution is 0.112. The maximum Gasteiger partial charge on any atom is 0.150 e. The monoisotopic (exact) mass is 198 g/mol. The van der Waals surface area contributed by atoms with Crippen LogP contribution < -0.4 is 0 Å². The van der Waals surface area contributed by atoms with Crippen molar-refractivity contribution in [2.24, 2.45) is 0 Å². The van der Waals surface area contributed by atoms with Crippen molar-refractivity contribution < 1.29 is 9.90 Å². The molecule has 2 nitrogen and oxygen atoms in total. The summed E-state index contributed by atoms with van der Waals surface area (Å²) in [5, 5.41) is 9.43. The standard InChI is InChI=1S/C13H10O2/c14-9-10-6-12(8-13(15)7-10)11-4-2-1-3-5-11/h1-9,15H. The van der Waals surface area contributed by atoms with E-state index in [9.17, 15) is 9.90 Å². The van der Waals surface area contributed by atoms with Gasteiger partial charge in [-0.1, -0.05) is 30.3 Å². The molecule has 1 N–H and O–H groups in total. The summed E-state index contributed by atoms with van der Waals surface area (Å²) in [5.41, 5.74) is 2.31. The Morgan fingerprint density at radius 1 is 0.933 bits per heavy atom. The minimum absolute atomic E-state index is 0.110. The summed E-state index contributed by atoms with van der Waals surface area (Å²) in [5.74, 6) is 0.110. The molecule has 0 bridgehead atoms. The highest BCUT2D eigenvalue weighted by molar-refractivity contribution is 5.80. The molecule has 0 aliphatic rings. The Labute approximate surface area is 87.8 Å². The Bertz CT molecular complexity index is 475. The van der Waals surface area contributed by atoms with Gasteiger partial charge in [-0.3, -0.25) is 4.79 Å². The summed E-state index contributed by atoms with van der Waals surface area (Å²) in [6, 6.07) is 14.5. The zero-order chi connectivity index (χ0) is 10.7. The number of benzene rings is 2. The summed E-state index contributed by atoms with van der Waals surface area (Å²) in [7, 11) is 0. The number of hydrogen-bond acceptors (Lipinski definition) is 2. The molecule has 0 spiro atoms. The van der Waals surface area contributed by atoms with Gasteiger partial charge >= 0.3 is 0 Å². The van der Waals surface area contributed by atoms with Crippen molar-refractivity contribution in [3.63, 3.8) is 0 Å². The molecule has 0 atom stereocenters. The number of rotatable bonds is 2. The van der Waals surface area contributed by atoms with Crippen LogP contribution >= 0.6 is 0 Å². The molecule has 0 unspecified atom stereocenters. The molecule has 2 heteroatoms. The first kappa shape index (κ1) is 9.46. The summed E-state index contributed by atoms with van der Waals surface area (Å²) in [6.07, 6.45) is 0.728. The fraction of sp³-hybridized carbons (Fsp3) is 0. The number of phenolic OH excluding ortho intramolecular Hbond substituents is 1. The maximum absolute atomic E-state index is 10.6. The molecule has 0 radical (unpaired) electrons. The van der Waals surface area contributed by atoms with E-state index in [-0.39, 0.29) is 5.75 Å². The van der Waals surface area contributed by atoms with Crippen LogP contribution in [0.2, 0.25) is 0 Å².